The Balaban J connectivity index is 2.28. The smallest absolute Gasteiger partial charge is 0.143 e. The minimum absolute atomic E-state index is 0.576. The lowest BCUT2D eigenvalue weighted by Crippen LogP contribution is -1.95. The first-order chi connectivity index (χ1) is 8.58. The van der Waals surface area contributed by atoms with Crippen LogP contribution in [0.15, 0.2) is 36.4 Å². The summed E-state index contributed by atoms with van der Waals surface area (Å²) in [6.45, 7) is 0. The van der Waals surface area contributed by atoms with E-state index in [0.717, 1.165) is 11.4 Å². The fourth-order valence-electron chi connectivity index (χ4n) is 1.58. The van der Waals surface area contributed by atoms with E-state index in [4.69, 9.17) is 33.7 Å². The first-order valence-corrected chi connectivity index (χ1v) is 6.01. The number of nitrogens with two attached hydrogens (primary N) is 1. The van der Waals surface area contributed by atoms with Gasteiger partial charge in [0.2, 0.25) is 0 Å². The Morgan fingerprint density at radius 1 is 1.00 bits per heavy atom. The maximum atomic E-state index is 5.93. The van der Waals surface area contributed by atoms with Crippen molar-refractivity contribution < 1.29 is 4.74 Å². The molecular formula is C13H12Cl2N2O. The summed E-state index contributed by atoms with van der Waals surface area (Å²) in [5, 5.41) is 4.34. The Bertz CT molecular complexity index is 553. The maximum Gasteiger partial charge on any atom is 0.143 e. The second-order valence-corrected chi connectivity index (χ2v) is 4.61. The number of hydrogen-bond acceptors (Lipinski definition) is 3. The number of hydrogen-bond donors (Lipinski definition) is 2. The van der Waals surface area contributed by atoms with Crippen molar-refractivity contribution in [1.82, 2.24) is 0 Å². The third-order valence-corrected chi connectivity index (χ3v) is 2.82. The van der Waals surface area contributed by atoms with Crippen LogP contribution >= 0.6 is 23.2 Å². The molecule has 0 aliphatic rings. The van der Waals surface area contributed by atoms with E-state index in [0.29, 0.717) is 21.5 Å². The lowest BCUT2D eigenvalue weighted by molar-refractivity contribution is 0.417. The molecule has 3 nitrogen and oxygen atoms in total. The molecule has 5 heteroatoms. The van der Waals surface area contributed by atoms with Gasteiger partial charge < -0.3 is 15.8 Å². The highest BCUT2D eigenvalue weighted by Gasteiger charge is 2.03. The van der Waals surface area contributed by atoms with Gasteiger partial charge in [0.25, 0.3) is 0 Å². The van der Waals surface area contributed by atoms with Crippen LogP contribution in [0.5, 0.6) is 5.75 Å². The molecule has 0 amide bonds. The maximum absolute atomic E-state index is 5.93. The molecule has 0 radical (unpaired) electrons. The monoisotopic (exact) mass is 282 g/mol. The van der Waals surface area contributed by atoms with E-state index in [-0.39, 0.29) is 0 Å². The van der Waals surface area contributed by atoms with Gasteiger partial charge in [0.15, 0.2) is 0 Å². The van der Waals surface area contributed by atoms with E-state index >= 15 is 0 Å². The molecule has 2 aromatic carbocycles. The lowest BCUT2D eigenvalue weighted by Gasteiger charge is -2.10. The topological polar surface area (TPSA) is 47.3 Å². The van der Waals surface area contributed by atoms with Crippen LogP contribution in [0.4, 0.5) is 17.1 Å². The number of methoxy groups -OCH3 is 1. The van der Waals surface area contributed by atoms with Crippen LogP contribution in [-0.4, -0.2) is 7.11 Å². The molecule has 0 spiro atoms. The summed E-state index contributed by atoms with van der Waals surface area (Å²) in [7, 11) is 1.58. The van der Waals surface area contributed by atoms with E-state index in [9.17, 15) is 0 Å². The molecule has 0 aromatic heterocycles. The minimum Gasteiger partial charge on any atom is -0.495 e. The quantitative estimate of drug-likeness (QED) is 0.824. The summed E-state index contributed by atoms with van der Waals surface area (Å²) in [4.78, 5) is 0. The van der Waals surface area contributed by atoms with E-state index in [1.165, 1.54) is 0 Å². The van der Waals surface area contributed by atoms with Crippen LogP contribution in [-0.2, 0) is 0 Å². The molecule has 18 heavy (non-hydrogen) atoms. The third kappa shape index (κ3) is 3.00. The molecule has 0 heterocycles. The molecule has 2 rings (SSSR count). The number of halogens is 2. The molecule has 0 atom stereocenters. The molecular weight excluding hydrogens is 271 g/mol. The van der Waals surface area contributed by atoms with Crippen LogP contribution < -0.4 is 15.8 Å². The lowest BCUT2D eigenvalue weighted by atomic mass is 10.2. The Labute approximate surface area is 115 Å². The fourth-order valence-corrected chi connectivity index (χ4v) is 2.11. The average molecular weight is 283 g/mol. The predicted molar refractivity (Wildman–Crippen MR) is 77.2 cm³/mol. The number of rotatable bonds is 3. The zero-order valence-corrected chi connectivity index (χ0v) is 11.2. The number of anilines is 3. The predicted octanol–water partition coefficient (Wildman–Crippen LogP) is 4.33. The summed E-state index contributed by atoms with van der Waals surface area (Å²) in [5.41, 5.74) is 7.99. The van der Waals surface area contributed by atoms with Crippen LogP contribution in [0.3, 0.4) is 0 Å². The fraction of sp³-hybridized carbons (Fsp3) is 0.0769. The van der Waals surface area contributed by atoms with Gasteiger partial charge in [-0.05, 0) is 30.3 Å². The zero-order valence-electron chi connectivity index (χ0n) is 9.71. The summed E-state index contributed by atoms with van der Waals surface area (Å²) < 4.78 is 5.15. The zero-order chi connectivity index (χ0) is 13.1. The normalized spacial score (nSPS) is 10.2. The molecule has 0 saturated carbocycles. The Morgan fingerprint density at radius 3 is 2.28 bits per heavy atom. The van der Waals surface area contributed by atoms with Gasteiger partial charge in [0.1, 0.15) is 5.75 Å². The number of benzene rings is 2. The third-order valence-electron chi connectivity index (χ3n) is 2.38. The SMILES string of the molecule is COc1cc(Nc2cc(Cl)cc(Cl)c2)ccc1N. The molecule has 0 fully saturated rings. The van der Waals surface area contributed by atoms with Crippen molar-refractivity contribution in [2.45, 2.75) is 0 Å². The first kappa shape index (κ1) is 12.9. The van der Waals surface area contributed by atoms with Gasteiger partial charge in [0, 0.05) is 27.5 Å². The van der Waals surface area contributed by atoms with E-state index in [2.05, 4.69) is 5.32 Å². The first-order valence-electron chi connectivity index (χ1n) is 5.25. The number of ether oxygens (including phenoxy) is 1. The second kappa shape index (κ2) is 5.38. The highest BCUT2D eigenvalue weighted by atomic mass is 35.5. The van der Waals surface area contributed by atoms with E-state index in [1.54, 1.807) is 31.4 Å². The van der Waals surface area contributed by atoms with Gasteiger partial charge in [-0.25, -0.2) is 0 Å². The highest BCUT2D eigenvalue weighted by Crippen LogP contribution is 2.29. The molecule has 0 aliphatic heterocycles. The number of nitrogens with one attached hydrogen (secondary N) is 1. The van der Waals surface area contributed by atoms with Crippen molar-refractivity contribution in [2.24, 2.45) is 0 Å². The van der Waals surface area contributed by atoms with E-state index in [1.807, 2.05) is 12.1 Å². The Hall–Kier alpha value is -1.58. The van der Waals surface area contributed by atoms with E-state index < -0.39 is 0 Å². The molecule has 3 N–H and O–H groups in total. The summed E-state index contributed by atoms with van der Waals surface area (Å²) >= 11 is 11.9. The molecule has 0 aliphatic carbocycles. The van der Waals surface area contributed by atoms with Gasteiger partial charge in [-0.1, -0.05) is 23.2 Å². The number of nitrogen functional groups attached to an aromatic ring is 1. The van der Waals surface area contributed by atoms with Crippen molar-refractivity contribution in [3.8, 4) is 5.75 Å². The minimum atomic E-state index is 0.576. The second-order valence-electron chi connectivity index (χ2n) is 3.74. The van der Waals surface area contributed by atoms with Gasteiger partial charge in [0.05, 0.1) is 12.8 Å². The molecule has 2 aromatic rings. The van der Waals surface area contributed by atoms with Crippen molar-refractivity contribution in [2.75, 3.05) is 18.2 Å². The van der Waals surface area contributed by atoms with Crippen molar-refractivity contribution in [3.63, 3.8) is 0 Å². The Kier molecular flexibility index (Phi) is 3.84. The standard InChI is InChI=1S/C13H12Cl2N2O/c1-18-13-7-10(2-3-12(13)16)17-11-5-8(14)4-9(15)6-11/h2-7,17H,16H2,1H3. The van der Waals surface area contributed by atoms with Crippen LogP contribution in [0.2, 0.25) is 10.0 Å². The Morgan fingerprint density at radius 2 is 1.67 bits per heavy atom. The molecule has 0 saturated heterocycles. The van der Waals surface area contributed by atoms with Crippen molar-refractivity contribution >= 4 is 40.3 Å². The molecule has 94 valence electrons. The van der Waals surface area contributed by atoms with Crippen molar-refractivity contribution in [3.05, 3.63) is 46.4 Å². The molecule has 0 bridgehead atoms. The molecule has 0 unspecified atom stereocenters. The summed E-state index contributed by atoms with van der Waals surface area (Å²) in [5.74, 6) is 0.619. The van der Waals surface area contributed by atoms with Crippen molar-refractivity contribution in [1.29, 1.82) is 0 Å². The van der Waals surface area contributed by atoms with Gasteiger partial charge in [-0.2, -0.15) is 0 Å². The van der Waals surface area contributed by atoms with Crippen LogP contribution in [0.25, 0.3) is 0 Å². The van der Waals surface area contributed by atoms with Gasteiger partial charge in [-0.15, -0.1) is 0 Å². The van der Waals surface area contributed by atoms with Gasteiger partial charge in [-0.3, -0.25) is 0 Å². The van der Waals surface area contributed by atoms with Crippen LogP contribution in [0.1, 0.15) is 0 Å². The van der Waals surface area contributed by atoms with Crippen LogP contribution in [0, 0.1) is 0 Å². The summed E-state index contributed by atoms with van der Waals surface area (Å²) in [6, 6.07) is 10.7. The highest BCUT2D eigenvalue weighted by molar-refractivity contribution is 6.35. The summed E-state index contributed by atoms with van der Waals surface area (Å²) in [6.07, 6.45) is 0. The van der Waals surface area contributed by atoms with Gasteiger partial charge >= 0.3 is 0 Å². The average Bonchev–Trinajstić information content (AvgIpc) is 2.30. The largest absolute Gasteiger partial charge is 0.495 e.